The number of alkyl halides is 4. The number of fused-ring (bicyclic) bond motifs is 1. The van der Waals surface area contributed by atoms with Gasteiger partial charge in [0.05, 0.1) is 5.69 Å². The van der Waals surface area contributed by atoms with E-state index < -0.39 is 23.7 Å². The minimum Gasteiger partial charge on any atom is -0.354 e. The molecular weight excluding hydrogens is 488 g/mol. The summed E-state index contributed by atoms with van der Waals surface area (Å²) >= 11 is 0. The van der Waals surface area contributed by atoms with Crippen LogP contribution in [-0.4, -0.2) is 68.8 Å². The number of carbonyl (C=O) groups is 1. The van der Waals surface area contributed by atoms with Gasteiger partial charge in [0.25, 0.3) is 0 Å². The van der Waals surface area contributed by atoms with Crippen LogP contribution in [0.15, 0.2) is 60.8 Å². The normalized spacial score (nSPS) is 22.5. The number of carbonyl (C=O) groups excluding carboxylic acids is 1. The first kappa shape index (κ1) is 24.9. The highest BCUT2D eigenvalue weighted by atomic mass is 19.4. The zero-order chi connectivity index (χ0) is 26.4. The van der Waals surface area contributed by atoms with Crippen molar-refractivity contribution in [2.45, 2.75) is 30.7 Å². The van der Waals surface area contributed by atoms with Crippen molar-refractivity contribution in [2.24, 2.45) is 13.0 Å². The Morgan fingerprint density at radius 3 is 2.43 bits per heavy atom. The van der Waals surface area contributed by atoms with E-state index in [1.54, 1.807) is 10.9 Å². The van der Waals surface area contributed by atoms with Crippen LogP contribution in [0.2, 0.25) is 0 Å². The van der Waals surface area contributed by atoms with Gasteiger partial charge in [-0.05, 0) is 25.0 Å². The van der Waals surface area contributed by atoms with E-state index in [1.807, 2.05) is 37.4 Å². The maximum absolute atomic E-state index is 15.0. The lowest BCUT2D eigenvalue weighted by Crippen LogP contribution is -2.55. The highest BCUT2D eigenvalue weighted by Gasteiger charge is 2.61. The number of aromatic nitrogens is 4. The van der Waals surface area contributed by atoms with Gasteiger partial charge in [0, 0.05) is 50.2 Å². The summed E-state index contributed by atoms with van der Waals surface area (Å²) in [6.07, 6.45) is 1.18. The van der Waals surface area contributed by atoms with Crippen LogP contribution in [0, 0.1) is 5.92 Å². The number of aryl methyl sites for hydroxylation is 1. The molecule has 11 heteroatoms. The summed E-state index contributed by atoms with van der Waals surface area (Å²) in [5.41, 5.74) is -2.17. The lowest BCUT2D eigenvalue weighted by atomic mass is 9.83. The van der Waals surface area contributed by atoms with Gasteiger partial charge >= 0.3 is 6.18 Å². The Balaban J connectivity index is 1.34. The van der Waals surface area contributed by atoms with Crippen LogP contribution in [0.5, 0.6) is 0 Å². The Bertz CT molecular complexity index is 1370. The molecule has 1 aliphatic heterocycles. The molecule has 2 unspecified atom stereocenters. The Morgan fingerprint density at radius 1 is 1.08 bits per heavy atom. The summed E-state index contributed by atoms with van der Waals surface area (Å²) in [6.45, 7) is 1.04. The van der Waals surface area contributed by atoms with Gasteiger partial charge in [-0.25, -0.2) is 4.39 Å². The van der Waals surface area contributed by atoms with Gasteiger partial charge in [0.2, 0.25) is 11.6 Å². The number of amides is 1. The summed E-state index contributed by atoms with van der Waals surface area (Å²) in [6, 6.07) is 9.36. The molecule has 3 heterocycles. The maximum atomic E-state index is 15.0. The van der Waals surface area contributed by atoms with Crippen molar-refractivity contribution in [1.29, 1.82) is 0 Å². The molecule has 5 rings (SSSR count). The first-order chi connectivity index (χ1) is 17.6. The molecule has 1 fully saturated rings. The molecule has 3 aromatic rings. The van der Waals surface area contributed by atoms with Crippen LogP contribution in [0.25, 0.3) is 22.2 Å². The second-order valence-electron chi connectivity index (χ2n) is 9.41. The number of hydrogen-bond donors (Lipinski definition) is 0. The van der Waals surface area contributed by atoms with Gasteiger partial charge in [-0.1, -0.05) is 42.5 Å². The number of benzene rings is 1. The van der Waals surface area contributed by atoms with Gasteiger partial charge in [0.15, 0.2) is 5.82 Å². The average Bonchev–Trinajstić information content (AvgIpc) is 3.32. The molecule has 1 amide bonds. The Labute approximate surface area is 211 Å². The van der Waals surface area contributed by atoms with Crippen LogP contribution >= 0.6 is 0 Å². The quantitative estimate of drug-likeness (QED) is 0.481. The number of anilines is 1. The average molecular weight is 515 g/mol. The summed E-state index contributed by atoms with van der Waals surface area (Å²) in [4.78, 5) is 16.4. The summed E-state index contributed by atoms with van der Waals surface area (Å²) in [7, 11) is 3.28. The predicted octanol–water partition coefficient (Wildman–Crippen LogP) is 4.47. The standard InChI is InChI=1S/C26H26F4N6O/c1-34(24(37)20-9-5-6-13-25(20,27)26(28,29)30)17-11-15-36(16-12-17)23-19-8-4-3-7-18(19)22(32-33-23)21-10-14-31-35(21)2/h3-10,13-14,17,20H,11-12,15-16H2,1-2H3. The van der Waals surface area contributed by atoms with Crippen molar-refractivity contribution in [3.05, 3.63) is 60.8 Å². The first-order valence-electron chi connectivity index (χ1n) is 12.0. The molecule has 2 aliphatic rings. The minimum absolute atomic E-state index is 0.325. The van der Waals surface area contributed by atoms with Gasteiger partial charge < -0.3 is 9.80 Å². The maximum Gasteiger partial charge on any atom is 0.427 e. The van der Waals surface area contributed by atoms with E-state index >= 15 is 0 Å². The molecular formula is C26H26F4N6O. The van der Waals surface area contributed by atoms with E-state index in [0.717, 1.165) is 28.6 Å². The van der Waals surface area contributed by atoms with Crippen LogP contribution in [0.4, 0.5) is 23.4 Å². The first-order valence-corrected chi connectivity index (χ1v) is 12.0. The van der Waals surface area contributed by atoms with Crippen LogP contribution in [-0.2, 0) is 11.8 Å². The van der Waals surface area contributed by atoms with Crippen molar-refractivity contribution >= 4 is 22.5 Å². The number of nitrogens with zero attached hydrogens (tertiary/aromatic N) is 6. The van der Waals surface area contributed by atoms with Crippen molar-refractivity contribution in [3.8, 4) is 11.4 Å². The number of allylic oxidation sites excluding steroid dienone is 3. The molecule has 2 aromatic heterocycles. The van der Waals surface area contributed by atoms with E-state index in [2.05, 4.69) is 20.2 Å². The number of hydrogen-bond acceptors (Lipinski definition) is 5. The lowest BCUT2D eigenvalue weighted by Gasteiger charge is -2.40. The molecule has 0 N–H and O–H groups in total. The number of rotatable bonds is 4. The molecule has 7 nitrogen and oxygen atoms in total. The van der Waals surface area contributed by atoms with Crippen LogP contribution in [0.3, 0.4) is 0 Å². The lowest BCUT2D eigenvalue weighted by molar-refractivity contribution is -0.225. The molecule has 0 spiro atoms. The Morgan fingerprint density at radius 2 is 1.78 bits per heavy atom. The summed E-state index contributed by atoms with van der Waals surface area (Å²) in [5, 5.41) is 15.1. The molecule has 1 saturated heterocycles. The SMILES string of the molecule is CN(C(=O)C1C=CC=CC1(F)C(F)(F)F)C1CCN(c2nnc(-c3ccnn3C)c3ccccc23)CC1. The molecule has 0 saturated carbocycles. The molecule has 37 heavy (non-hydrogen) atoms. The second kappa shape index (κ2) is 9.28. The topological polar surface area (TPSA) is 67.2 Å². The predicted molar refractivity (Wildman–Crippen MR) is 131 cm³/mol. The molecule has 1 aromatic carbocycles. The fourth-order valence-electron chi connectivity index (χ4n) is 5.13. The molecule has 0 radical (unpaired) electrons. The van der Waals surface area contributed by atoms with Crippen molar-refractivity contribution in [3.63, 3.8) is 0 Å². The van der Waals surface area contributed by atoms with Gasteiger partial charge in [0.1, 0.15) is 11.6 Å². The van der Waals surface area contributed by atoms with Gasteiger partial charge in [-0.2, -0.15) is 18.3 Å². The third-order valence-electron chi connectivity index (χ3n) is 7.30. The van der Waals surface area contributed by atoms with E-state index in [0.29, 0.717) is 43.5 Å². The van der Waals surface area contributed by atoms with Crippen LogP contribution < -0.4 is 4.90 Å². The zero-order valence-corrected chi connectivity index (χ0v) is 20.4. The smallest absolute Gasteiger partial charge is 0.354 e. The van der Waals surface area contributed by atoms with E-state index in [9.17, 15) is 22.4 Å². The monoisotopic (exact) mass is 514 g/mol. The van der Waals surface area contributed by atoms with Crippen molar-refractivity contribution < 1.29 is 22.4 Å². The second-order valence-corrected chi connectivity index (χ2v) is 9.41. The molecule has 194 valence electrons. The van der Waals surface area contributed by atoms with Crippen molar-refractivity contribution in [1.82, 2.24) is 24.9 Å². The Hall–Kier alpha value is -3.76. The highest BCUT2D eigenvalue weighted by molar-refractivity contribution is 5.99. The van der Waals surface area contributed by atoms with E-state index in [1.165, 1.54) is 18.0 Å². The Kier molecular flexibility index (Phi) is 6.25. The number of halogens is 4. The summed E-state index contributed by atoms with van der Waals surface area (Å²) in [5.74, 6) is -2.13. The third kappa shape index (κ3) is 4.25. The van der Waals surface area contributed by atoms with E-state index in [-0.39, 0.29) is 6.04 Å². The molecule has 1 aliphatic carbocycles. The van der Waals surface area contributed by atoms with E-state index in [4.69, 9.17) is 0 Å². The fraction of sp³-hybridized carbons (Fsp3) is 0.385. The highest BCUT2D eigenvalue weighted by Crippen LogP contribution is 2.44. The number of piperidine rings is 1. The zero-order valence-electron chi connectivity index (χ0n) is 20.4. The molecule has 0 bridgehead atoms. The van der Waals surface area contributed by atoms with Crippen LogP contribution in [0.1, 0.15) is 12.8 Å². The van der Waals surface area contributed by atoms with Gasteiger partial charge in [-0.3, -0.25) is 9.48 Å². The minimum atomic E-state index is -5.19. The van der Waals surface area contributed by atoms with Crippen molar-refractivity contribution in [2.75, 3.05) is 25.0 Å². The fourth-order valence-corrected chi connectivity index (χ4v) is 5.13. The van der Waals surface area contributed by atoms with Gasteiger partial charge in [-0.15, -0.1) is 10.2 Å². The third-order valence-corrected chi connectivity index (χ3v) is 7.30. The summed E-state index contributed by atoms with van der Waals surface area (Å²) < 4.78 is 57.2. The molecule has 2 atom stereocenters. The largest absolute Gasteiger partial charge is 0.427 e.